The zero-order valence-corrected chi connectivity index (χ0v) is 16.0. The van der Waals surface area contributed by atoms with E-state index in [1.54, 1.807) is 24.4 Å². The van der Waals surface area contributed by atoms with Crippen LogP contribution >= 0.6 is 35.0 Å². The average molecular weight is 411 g/mol. The van der Waals surface area contributed by atoms with Crippen LogP contribution in [0.25, 0.3) is 0 Å². The summed E-state index contributed by atoms with van der Waals surface area (Å²) in [4.78, 5) is 22.7. The van der Waals surface area contributed by atoms with Gasteiger partial charge in [0.15, 0.2) is 5.84 Å². The Bertz CT molecular complexity index is 817. The van der Waals surface area contributed by atoms with Crippen molar-refractivity contribution in [3.8, 4) is 0 Å². The maximum atomic E-state index is 11.6. The molecular formula is C17H16Cl2N4O2S. The minimum atomic E-state index is -0.873. The average Bonchev–Trinajstić information content (AvgIpc) is 3.05. The van der Waals surface area contributed by atoms with E-state index in [0.717, 1.165) is 10.5 Å². The molecular weight excluding hydrogens is 395 g/mol. The topological polar surface area (TPSA) is 71.6 Å². The Hall–Kier alpha value is -1.83. The van der Waals surface area contributed by atoms with E-state index in [9.17, 15) is 10.1 Å². The second-order valence-corrected chi connectivity index (χ2v) is 7.64. The number of hydrogen-bond acceptors (Lipinski definition) is 6. The molecule has 1 aromatic carbocycles. The summed E-state index contributed by atoms with van der Waals surface area (Å²) in [6.45, 7) is 1.74. The van der Waals surface area contributed by atoms with Gasteiger partial charge in [-0.1, -0.05) is 35.3 Å². The molecule has 1 unspecified atom stereocenters. The molecule has 1 aromatic heterocycles. The van der Waals surface area contributed by atoms with Gasteiger partial charge in [0.25, 0.3) is 6.04 Å². The highest BCUT2D eigenvalue weighted by Crippen LogP contribution is 2.24. The molecule has 0 saturated carbocycles. The van der Waals surface area contributed by atoms with Crippen molar-refractivity contribution < 1.29 is 4.92 Å². The highest BCUT2D eigenvalue weighted by Gasteiger charge is 2.34. The van der Waals surface area contributed by atoms with Crippen LogP contribution in [0.2, 0.25) is 10.2 Å². The molecule has 6 nitrogen and oxygen atoms in total. The summed E-state index contributed by atoms with van der Waals surface area (Å²) in [6.07, 6.45) is 1.68. The molecule has 0 amide bonds. The fourth-order valence-electron chi connectivity index (χ4n) is 2.66. The van der Waals surface area contributed by atoms with Gasteiger partial charge in [-0.15, -0.1) is 11.8 Å². The van der Waals surface area contributed by atoms with E-state index in [0.29, 0.717) is 41.4 Å². The third-order valence-electron chi connectivity index (χ3n) is 3.89. The molecule has 2 heterocycles. The van der Waals surface area contributed by atoms with Gasteiger partial charge < -0.3 is 4.90 Å². The van der Waals surface area contributed by atoms with Gasteiger partial charge in [-0.05, 0) is 29.8 Å². The zero-order valence-electron chi connectivity index (χ0n) is 13.7. The van der Waals surface area contributed by atoms with Crippen LogP contribution in [0.4, 0.5) is 0 Å². The molecule has 0 bridgehead atoms. The van der Waals surface area contributed by atoms with Crippen molar-refractivity contribution >= 4 is 40.8 Å². The summed E-state index contributed by atoms with van der Waals surface area (Å²) in [5.74, 6) is 0.807. The third-order valence-corrected chi connectivity index (χ3v) is 5.41. The molecule has 136 valence electrons. The molecule has 0 N–H and O–H groups in total. The van der Waals surface area contributed by atoms with E-state index in [1.165, 1.54) is 11.8 Å². The quantitative estimate of drug-likeness (QED) is 0.298. The number of halogens is 2. The number of nitro groups is 1. The van der Waals surface area contributed by atoms with Gasteiger partial charge in [0.05, 0.1) is 12.3 Å². The smallest absolute Gasteiger partial charge is 0.278 e. The lowest BCUT2D eigenvalue weighted by Gasteiger charge is -2.22. The van der Waals surface area contributed by atoms with Crippen LogP contribution in [0.3, 0.4) is 0 Å². The van der Waals surface area contributed by atoms with Crippen molar-refractivity contribution in [3.63, 3.8) is 0 Å². The molecule has 0 saturated heterocycles. The number of aromatic nitrogens is 1. The van der Waals surface area contributed by atoms with Gasteiger partial charge >= 0.3 is 0 Å². The van der Waals surface area contributed by atoms with Crippen LogP contribution in [-0.4, -0.2) is 45.5 Å². The van der Waals surface area contributed by atoms with Gasteiger partial charge in [0, 0.05) is 34.1 Å². The Labute approximate surface area is 165 Å². The number of thioether (sulfide) groups is 1. The van der Waals surface area contributed by atoms with Crippen molar-refractivity contribution in [1.82, 2.24) is 9.88 Å². The first-order valence-corrected chi connectivity index (χ1v) is 9.68. The SMILES string of the molecule is O=[N+]([O-])C(CSc1cccc(Cl)c1)C1=NCCN1Cc1ccc(Cl)nc1. The summed E-state index contributed by atoms with van der Waals surface area (Å²) in [5, 5.41) is 12.7. The van der Waals surface area contributed by atoms with Crippen molar-refractivity contribution in [2.24, 2.45) is 4.99 Å². The fourth-order valence-corrected chi connectivity index (χ4v) is 4.03. The maximum Gasteiger partial charge on any atom is 0.278 e. The van der Waals surface area contributed by atoms with Gasteiger partial charge in [-0.3, -0.25) is 15.1 Å². The van der Waals surface area contributed by atoms with E-state index < -0.39 is 6.04 Å². The van der Waals surface area contributed by atoms with Gasteiger partial charge in [0.2, 0.25) is 0 Å². The predicted molar refractivity (Wildman–Crippen MR) is 105 cm³/mol. The number of benzene rings is 1. The number of rotatable bonds is 7. The van der Waals surface area contributed by atoms with Crippen LogP contribution in [0.1, 0.15) is 5.56 Å². The molecule has 0 radical (unpaired) electrons. The van der Waals surface area contributed by atoms with Gasteiger partial charge in [-0.2, -0.15) is 0 Å². The van der Waals surface area contributed by atoms with Crippen molar-refractivity contribution in [3.05, 3.63) is 68.4 Å². The lowest BCUT2D eigenvalue weighted by Crippen LogP contribution is -2.41. The van der Waals surface area contributed by atoms with E-state index in [2.05, 4.69) is 9.98 Å². The second kappa shape index (κ2) is 8.70. The number of pyridine rings is 1. The van der Waals surface area contributed by atoms with Crippen molar-refractivity contribution in [2.45, 2.75) is 17.5 Å². The summed E-state index contributed by atoms with van der Waals surface area (Å²) >= 11 is 13.2. The summed E-state index contributed by atoms with van der Waals surface area (Å²) < 4.78 is 0. The molecule has 0 fully saturated rings. The Morgan fingerprint density at radius 3 is 2.85 bits per heavy atom. The van der Waals surface area contributed by atoms with Gasteiger partial charge in [-0.25, -0.2) is 4.98 Å². The monoisotopic (exact) mass is 410 g/mol. The van der Waals surface area contributed by atoms with Crippen LogP contribution in [-0.2, 0) is 6.54 Å². The van der Waals surface area contributed by atoms with Crippen LogP contribution in [0, 0.1) is 10.1 Å². The Morgan fingerprint density at radius 2 is 2.15 bits per heavy atom. The number of hydrogen-bond donors (Lipinski definition) is 0. The summed E-state index contributed by atoms with van der Waals surface area (Å²) in [7, 11) is 0. The minimum absolute atomic E-state index is 0.269. The summed E-state index contributed by atoms with van der Waals surface area (Å²) in [5.41, 5.74) is 0.939. The highest BCUT2D eigenvalue weighted by atomic mass is 35.5. The third kappa shape index (κ3) is 4.87. The molecule has 26 heavy (non-hydrogen) atoms. The summed E-state index contributed by atoms with van der Waals surface area (Å²) in [6, 6.07) is 10.0. The first kappa shape index (κ1) is 18.9. The van der Waals surface area contributed by atoms with Crippen LogP contribution in [0.5, 0.6) is 0 Å². The molecule has 1 aliphatic heterocycles. The van der Waals surface area contributed by atoms with E-state index in [4.69, 9.17) is 23.2 Å². The van der Waals surface area contributed by atoms with Crippen molar-refractivity contribution in [1.29, 1.82) is 0 Å². The number of nitrogens with zero attached hydrogens (tertiary/aromatic N) is 4. The highest BCUT2D eigenvalue weighted by molar-refractivity contribution is 7.99. The Balaban J connectivity index is 1.69. The molecule has 0 aliphatic carbocycles. The van der Waals surface area contributed by atoms with E-state index >= 15 is 0 Å². The van der Waals surface area contributed by atoms with E-state index in [-0.39, 0.29) is 4.92 Å². The molecule has 1 aliphatic rings. The zero-order chi connectivity index (χ0) is 18.5. The van der Waals surface area contributed by atoms with E-state index in [1.807, 2.05) is 23.1 Å². The molecule has 1 atom stereocenters. The second-order valence-electron chi connectivity index (χ2n) is 5.72. The van der Waals surface area contributed by atoms with Crippen molar-refractivity contribution in [2.75, 3.05) is 18.8 Å². The number of amidine groups is 1. The molecule has 3 rings (SSSR count). The fraction of sp³-hybridized carbons (Fsp3) is 0.294. The Morgan fingerprint density at radius 1 is 1.31 bits per heavy atom. The lowest BCUT2D eigenvalue weighted by molar-refractivity contribution is -0.498. The standard InChI is InChI=1S/C17H16Cl2N4O2S/c18-13-2-1-3-14(8-13)26-11-15(23(24)25)17-20-6-7-22(17)10-12-4-5-16(19)21-9-12/h1-5,8-9,15H,6-7,10-11H2. The van der Waals surface area contributed by atoms with Crippen LogP contribution in [0.15, 0.2) is 52.5 Å². The first-order chi connectivity index (χ1) is 12.5. The minimum Gasteiger partial charge on any atom is -0.348 e. The Kier molecular flexibility index (Phi) is 6.34. The maximum absolute atomic E-state index is 11.6. The predicted octanol–water partition coefficient (Wildman–Crippen LogP) is 4.04. The van der Waals surface area contributed by atoms with Crippen LogP contribution < -0.4 is 0 Å². The van der Waals surface area contributed by atoms with Gasteiger partial charge in [0.1, 0.15) is 5.15 Å². The molecule has 9 heteroatoms. The lowest BCUT2D eigenvalue weighted by atomic mass is 10.2. The molecule has 2 aromatic rings. The first-order valence-electron chi connectivity index (χ1n) is 7.94. The number of aliphatic imine (C=N–C) groups is 1. The largest absolute Gasteiger partial charge is 0.348 e. The molecule has 0 spiro atoms. The normalized spacial score (nSPS) is 15.0.